The largest absolute Gasteiger partial charge is 0.494 e. The lowest BCUT2D eigenvalue weighted by Crippen LogP contribution is -2.13. The van der Waals surface area contributed by atoms with Gasteiger partial charge in [0.25, 0.3) is 11.6 Å². The van der Waals surface area contributed by atoms with Crippen LogP contribution in [-0.2, 0) is 0 Å². The Labute approximate surface area is 168 Å². The second kappa shape index (κ2) is 8.99. The lowest BCUT2D eigenvalue weighted by Gasteiger charge is -2.07. The maximum atomic E-state index is 12.5. The van der Waals surface area contributed by atoms with Crippen LogP contribution in [0.2, 0.25) is 0 Å². The quantitative estimate of drug-likeness (QED) is 0.417. The van der Waals surface area contributed by atoms with E-state index in [4.69, 9.17) is 4.74 Å². The number of hydrogen-bond acceptors (Lipinski definition) is 6. The van der Waals surface area contributed by atoms with Crippen LogP contribution in [0.4, 0.5) is 20.2 Å². The Morgan fingerprint density at radius 1 is 1.20 bits per heavy atom. The van der Waals surface area contributed by atoms with Gasteiger partial charge in [0.2, 0.25) is 0 Å². The van der Waals surface area contributed by atoms with Gasteiger partial charge in [-0.1, -0.05) is 0 Å². The van der Waals surface area contributed by atoms with Crippen LogP contribution in [0.5, 0.6) is 11.5 Å². The van der Waals surface area contributed by atoms with Gasteiger partial charge in [0.1, 0.15) is 22.9 Å². The van der Waals surface area contributed by atoms with E-state index in [2.05, 4.69) is 20.3 Å². The molecule has 1 heterocycles. The van der Waals surface area contributed by atoms with Crippen molar-refractivity contribution in [3.63, 3.8) is 0 Å². The molecule has 0 aliphatic carbocycles. The highest BCUT2D eigenvalue weighted by atomic mass is 19.3. The zero-order valence-corrected chi connectivity index (χ0v) is 15.6. The van der Waals surface area contributed by atoms with Crippen LogP contribution in [0.25, 0.3) is 11.3 Å². The molecule has 0 unspecified atom stereocenters. The van der Waals surface area contributed by atoms with Crippen molar-refractivity contribution >= 4 is 17.3 Å². The average Bonchev–Trinajstić information content (AvgIpc) is 3.19. The van der Waals surface area contributed by atoms with Crippen molar-refractivity contribution in [3.05, 3.63) is 64.3 Å². The fourth-order valence-electron chi connectivity index (χ4n) is 2.61. The van der Waals surface area contributed by atoms with Gasteiger partial charge in [0, 0.05) is 5.56 Å². The number of nitrogens with one attached hydrogen (secondary N) is 2. The van der Waals surface area contributed by atoms with Crippen molar-refractivity contribution in [1.82, 2.24) is 10.2 Å². The zero-order valence-electron chi connectivity index (χ0n) is 15.6. The molecule has 0 saturated heterocycles. The minimum absolute atomic E-state index is 0.00176. The van der Waals surface area contributed by atoms with Crippen molar-refractivity contribution in [2.24, 2.45) is 0 Å². The number of rotatable bonds is 8. The molecule has 0 fully saturated rings. The highest BCUT2D eigenvalue weighted by molar-refractivity contribution is 6.04. The Kier molecular flexibility index (Phi) is 6.20. The first-order chi connectivity index (χ1) is 14.4. The number of hydrogen-bond donors (Lipinski definition) is 2. The summed E-state index contributed by atoms with van der Waals surface area (Å²) in [6.07, 6.45) is 0. The van der Waals surface area contributed by atoms with Crippen LogP contribution in [-0.4, -0.2) is 34.2 Å². The zero-order chi connectivity index (χ0) is 21.7. The Hall–Kier alpha value is -4.02. The number of H-pyrrole nitrogens is 1. The number of alkyl halides is 2. The molecule has 30 heavy (non-hydrogen) atoms. The summed E-state index contributed by atoms with van der Waals surface area (Å²) in [7, 11) is 0. The van der Waals surface area contributed by atoms with Gasteiger partial charge in [-0.25, -0.2) is 0 Å². The first kappa shape index (κ1) is 20.7. The molecule has 11 heteroatoms. The van der Waals surface area contributed by atoms with Crippen LogP contribution in [0.3, 0.4) is 0 Å². The topological polar surface area (TPSA) is 119 Å². The summed E-state index contributed by atoms with van der Waals surface area (Å²) in [6, 6.07) is 11.2. The van der Waals surface area contributed by atoms with Gasteiger partial charge in [-0.3, -0.25) is 20.0 Å². The molecule has 3 rings (SSSR count). The monoisotopic (exact) mass is 418 g/mol. The molecule has 2 aromatic carbocycles. The molecule has 3 aromatic rings. The van der Waals surface area contributed by atoms with E-state index >= 15 is 0 Å². The highest BCUT2D eigenvalue weighted by Gasteiger charge is 2.19. The minimum Gasteiger partial charge on any atom is -0.494 e. The van der Waals surface area contributed by atoms with Gasteiger partial charge in [-0.2, -0.15) is 13.9 Å². The summed E-state index contributed by atoms with van der Waals surface area (Å²) < 4.78 is 34.0. The Morgan fingerprint density at radius 3 is 2.53 bits per heavy atom. The van der Waals surface area contributed by atoms with Crippen LogP contribution in [0.1, 0.15) is 17.4 Å². The lowest BCUT2D eigenvalue weighted by atomic mass is 10.1. The number of nitrogens with zero attached hydrogens (tertiary/aromatic N) is 2. The summed E-state index contributed by atoms with van der Waals surface area (Å²) in [5.74, 6) is -0.339. The smallest absolute Gasteiger partial charge is 0.387 e. The first-order valence-electron chi connectivity index (χ1n) is 8.70. The van der Waals surface area contributed by atoms with E-state index in [0.717, 1.165) is 0 Å². The standard InChI is InChI=1S/C19H16F2N4O5/c1-2-29-13-7-8-14(17(9-13)25(27)28)22-18(26)16-10-15(23-24-16)11-3-5-12(6-4-11)30-19(20)21/h3-10,19H,2H2,1H3,(H,22,26)(H,23,24). The molecule has 2 N–H and O–H groups in total. The number of carbonyl (C=O) groups excluding carboxylic acids is 1. The molecule has 0 saturated carbocycles. The van der Waals surface area contributed by atoms with Crippen molar-refractivity contribution < 1.29 is 28.0 Å². The van der Waals surface area contributed by atoms with E-state index in [1.807, 2.05) is 0 Å². The van der Waals surface area contributed by atoms with Crippen LogP contribution < -0.4 is 14.8 Å². The third-order valence-electron chi connectivity index (χ3n) is 3.92. The maximum Gasteiger partial charge on any atom is 0.387 e. The van der Waals surface area contributed by atoms with Crippen LogP contribution in [0, 0.1) is 10.1 Å². The third kappa shape index (κ3) is 4.87. The molecule has 0 bridgehead atoms. The number of anilines is 1. The fraction of sp³-hybridized carbons (Fsp3) is 0.158. The second-order valence-corrected chi connectivity index (χ2v) is 5.89. The van der Waals surface area contributed by atoms with Crippen LogP contribution in [0.15, 0.2) is 48.5 Å². The lowest BCUT2D eigenvalue weighted by molar-refractivity contribution is -0.384. The SMILES string of the molecule is CCOc1ccc(NC(=O)c2cc(-c3ccc(OC(F)F)cc3)n[nH]2)c([N+](=O)[O-])c1. The van der Waals surface area contributed by atoms with E-state index < -0.39 is 17.4 Å². The molecule has 0 spiro atoms. The molecule has 0 aliphatic heterocycles. The molecule has 156 valence electrons. The number of aromatic nitrogens is 2. The van der Waals surface area contributed by atoms with Crippen LogP contribution >= 0.6 is 0 Å². The van der Waals surface area contributed by atoms with Gasteiger partial charge < -0.3 is 14.8 Å². The molecule has 0 atom stereocenters. The van der Waals surface area contributed by atoms with E-state index in [1.165, 1.54) is 48.5 Å². The normalized spacial score (nSPS) is 10.7. The summed E-state index contributed by atoms with van der Waals surface area (Å²) in [6.45, 7) is -0.839. The van der Waals surface area contributed by atoms with Crippen molar-refractivity contribution in [3.8, 4) is 22.8 Å². The number of carbonyl (C=O) groups is 1. The van der Waals surface area contributed by atoms with E-state index in [1.54, 1.807) is 6.92 Å². The van der Waals surface area contributed by atoms with E-state index in [-0.39, 0.29) is 22.8 Å². The minimum atomic E-state index is -2.93. The summed E-state index contributed by atoms with van der Waals surface area (Å²) in [5, 5.41) is 20.3. The van der Waals surface area contributed by atoms with Gasteiger partial charge >= 0.3 is 6.61 Å². The first-order valence-corrected chi connectivity index (χ1v) is 8.70. The second-order valence-electron chi connectivity index (χ2n) is 5.89. The molecular weight excluding hydrogens is 402 g/mol. The predicted molar refractivity (Wildman–Crippen MR) is 103 cm³/mol. The maximum absolute atomic E-state index is 12.5. The average molecular weight is 418 g/mol. The van der Waals surface area contributed by atoms with Crippen molar-refractivity contribution in [1.29, 1.82) is 0 Å². The van der Waals surface area contributed by atoms with Gasteiger partial charge in [-0.15, -0.1) is 0 Å². The molecular formula is C19H16F2N4O5. The predicted octanol–water partition coefficient (Wildman–Crippen LogP) is 4.24. The summed E-state index contributed by atoms with van der Waals surface area (Å²) >= 11 is 0. The number of ether oxygens (including phenoxy) is 2. The number of nitro benzene ring substituents is 1. The number of nitro groups is 1. The molecule has 1 aromatic heterocycles. The van der Waals surface area contributed by atoms with Gasteiger partial charge in [-0.05, 0) is 49.4 Å². The van der Waals surface area contributed by atoms with Crippen molar-refractivity contribution in [2.45, 2.75) is 13.5 Å². The van der Waals surface area contributed by atoms with Crippen molar-refractivity contribution in [2.75, 3.05) is 11.9 Å². The molecule has 0 aliphatic rings. The molecule has 0 radical (unpaired) electrons. The molecule has 9 nitrogen and oxygen atoms in total. The van der Waals surface area contributed by atoms with E-state index in [9.17, 15) is 23.7 Å². The fourth-order valence-corrected chi connectivity index (χ4v) is 2.61. The Morgan fingerprint density at radius 2 is 1.90 bits per heavy atom. The molecule has 1 amide bonds. The van der Waals surface area contributed by atoms with Gasteiger partial charge in [0.05, 0.1) is 23.3 Å². The number of benzene rings is 2. The summed E-state index contributed by atoms with van der Waals surface area (Å²) in [4.78, 5) is 23.2. The van der Waals surface area contributed by atoms with Gasteiger partial charge in [0.15, 0.2) is 0 Å². The third-order valence-corrected chi connectivity index (χ3v) is 3.92. The number of aromatic amines is 1. The highest BCUT2D eigenvalue weighted by Crippen LogP contribution is 2.30. The number of halogens is 2. The number of amides is 1. The Balaban J connectivity index is 1.76. The van der Waals surface area contributed by atoms with E-state index in [0.29, 0.717) is 23.6 Å². The Bertz CT molecular complexity index is 1050. The summed E-state index contributed by atoms with van der Waals surface area (Å²) in [5.41, 5.74) is 0.673.